The number of hydrogen-bond donors (Lipinski definition) is 8. The maximum Gasteiger partial charge on any atom is 0.326 e. The Bertz CT molecular complexity index is 1210. The molecule has 0 aliphatic heterocycles. The van der Waals surface area contributed by atoms with E-state index in [1.54, 1.807) is 12.1 Å². The molecule has 0 aromatic heterocycles. The molecule has 0 bridgehead atoms. The molecular formula is C27H35N5O8S. The third-order valence-electron chi connectivity index (χ3n) is 6.00. The molecule has 41 heavy (non-hydrogen) atoms. The van der Waals surface area contributed by atoms with Crippen molar-refractivity contribution in [2.75, 3.05) is 12.0 Å². The minimum absolute atomic E-state index is 0.0188. The van der Waals surface area contributed by atoms with Crippen LogP contribution in [0.3, 0.4) is 0 Å². The van der Waals surface area contributed by atoms with Crippen LogP contribution in [0.4, 0.5) is 0 Å². The van der Waals surface area contributed by atoms with Gasteiger partial charge < -0.3 is 42.7 Å². The molecule has 0 radical (unpaired) electrons. The zero-order valence-electron chi connectivity index (χ0n) is 22.4. The number of thioether (sulfide) groups is 1. The number of carboxylic acid groups (broad SMARTS) is 1. The van der Waals surface area contributed by atoms with Gasteiger partial charge in [0.2, 0.25) is 23.6 Å². The molecular weight excluding hydrogens is 554 g/mol. The maximum absolute atomic E-state index is 13.3. The molecule has 0 fully saturated rings. The number of phenolic OH excluding ortho intramolecular Hbond substituents is 2. The first-order chi connectivity index (χ1) is 19.4. The number of nitrogens with one attached hydrogen (secondary N) is 3. The minimum atomic E-state index is -1.62. The smallest absolute Gasteiger partial charge is 0.326 e. The molecule has 4 atom stereocenters. The Morgan fingerprint density at radius 1 is 0.756 bits per heavy atom. The van der Waals surface area contributed by atoms with E-state index in [0.717, 1.165) is 0 Å². The summed E-state index contributed by atoms with van der Waals surface area (Å²) in [5.74, 6) is -4.10. The first kappa shape index (κ1) is 32.9. The predicted molar refractivity (Wildman–Crippen MR) is 152 cm³/mol. The van der Waals surface area contributed by atoms with E-state index >= 15 is 0 Å². The number of amides is 4. The number of benzene rings is 2. The van der Waals surface area contributed by atoms with E-state index in [-0.39, 0.29) is 30.8 Å². The highest BCUT2D eigenvalue weighted by molar-refractivity contribution is 7.98. The summed E-state index contributed by atoms with van der Waals surface area (Å²) in [4.78, 5) is 62.2. The average Bonchev–Trinajstić information content (AvgIpc) is 2.92. The van der Waals surface area contributed by atoms with Crippen molar-refractivity contribution in [2.45, 2.75) is 49.9 Å². The molecule has 222 valence electrons. The summed E-state index contributed by atoms with van der Waals surface area (Å²) >= 11 is 1.44. The SMILES string of the molecule is CSCCC(NC(=O)C(N)Cc1ccc(O)cc1)C(=O)NC(Cc1ccc(O)cc1)C(=O)NC(CC(N)=O)C(=O)O. The van der Waals surface area contributed by atoms with E-state index < -0.39 is 60.2 Å². The van der Waals surface area contributed by atoms with Gasteiger partial charge in [0, 0.05) is 6.42 Å². The molecule has 2 rings (SSSR count). The fourth-order valence-corrected chi connectivity index (χ4v) is 4.26. The van der Waals surface area contributed by atoms with Crippen LogP contribution >= 0.6 is 11.8 Å². The Labute approximate surface area is 241 Å². The Hall–Kier alpha value is -4.30. The van der Waals surface area contributed by atoms with Crippen molar-refractivity contribution in [3.63, 3.8) is 0 Å². The lowest BCUT2D eigenvalue weighted by Gasteiger charge is -2.25. The molecule has 0 aliphatic rings. The van der Waals surface area contributed by atoms with E-state index in [9.17, 15) is 39.3 Å². The molecule has 13 nitrogen and oxygen atoms in total. The van der Waals surface area contributed by atoms with Crippen molar-refractivity contribution in [3.8, 4) is 11.5 Å². The highest BCUT2D eigenvalue weighted by Gasteiger charge is 2.31. The fourth-order valence-electron chi connectivity index (χ4n) is 3.78. The summed E-state index contributed by atoms with van der Waals surface area (Å²) in [5.41, 5.74) is 12.4. The van der Waals surface area contributed by atoms with Crippen LogP contribution in [0.5, 0.6) is 11.5 Å². The summed E-state index contributed by atoms with van der Waals surface area (Å²) in [6.45, 7) is 0. The van der Waals surface area contributed by atoms with E-state index in [4.69, 9.17) is 11.5 Å². The monoisotopic (exact) mass is 589 g/mol. The second kappa shape index (κ2) is 16.1. The number of rotatable bonds is 16. The highest BCUT2D eigenvalue weighted by atomic mass is 32.2. The van der Waals surface area contributed by atoms with Gasteiger partial charge >= 0.3 is 5.97 Å². The number of primary amides is 1. The van der Waals surface area contributed by atoms with Crippen LogP contribution < -0.4 is 27.4 Å². The Morgan fingerprint density at radius 3 is 1.71 bits per heavy atom. The van der Waals surface area contributed by atoms with Gasteiger partial charge in [-0.05, 0) is 60.2 Å². The fraction of sp³-hybridized carbons (Fsp3) is 0.370. The molecule has 4 amide bonds. The third-order valence-corrected chi connectivity index (χ3v) is 6.65. The zero-order valence-corrected chi connectivity index (χ0v) is 23.2. The molecule has 0 heterocycles. The third kappa shape index (κ3) is 11.4. The number of carbonyl (C=O) groups is 5. The molecule has 10 N–H and O–H groups in total. The number of aromatic hydroxyl groups is 2. The van der Waals surface area contributed by atoms with Crippen molar-refractivity contribution < 1.29 is 39.3 Å². The molecule has 2 aromatic carbocycles. The van der Waals surface area contributed by atoms with Gasteiger partial charge in [-0.15, -0.1) is 0 Å². The number of nitrogens with two attached hydrogens (primary N) is 2. The van der Waals surface area contributed by atoms with Crippen LogP contribution in [-0.2, 0) is 36.8 Å². The summed E-state index contributed by atoms with van der Waals surface area (Å²) in [6, 6.07) is 6.98. The number of carboxylic acids is 1. The maximum atomic E-state index is 13.3. The van der Waals surface area contributed by atoms with Gasteiger partial charge in [0.1, 0.15) is 29.6 Å². The van der Waals surface area contributed by atoms with Crippen molar-refractivity contribution >= 4 is 41.4 Å². The number of phenols is 2. The average molecular weight is 590 g/mol. The molecule has 4 unspecified atom stereocenters. The second-order valence-electron chi connectivity index (χ2n) is 9.32. The van der Waals surface area contributed by atoms with Crippen LogP contribution in [-0.4, -0.2) is 81.1 Å². The predicted octanol–water partition coefficient (Wildman–Crippen LogP) is -0.622. The molecule has 0 saturated heterocycles. The van der Waals surface area contributed by atoms with Crippen molar-refractivity contribution in [2.24, 2.45) is 11.5 Å². The van der Waals surface area contributed by atoms with Crippen LogP contribution in [0.2, 0.25) is 0 Å². The zero-order chi connectivity index (χ0) is 30.5. The lowest BCUT2D eigenvalue weighted by atomic mass is 10.0. The highest BCUT2D eigenvalue weighted by Crippen LogP contribution is 2.13. The summed E-state index contributed by atoms with van der Waals surface area (Å²) in [6.07, 6.45) is 1.42. The van der Waals surface area contributed by atoms with Crippen LogP contribution in [0.15, 0.2) is 48.5 Å². The lowest BCUT2D eigenvalue weighted by molar-refractivity contribution is -0.143. The molecule has 0 spiro atoms. The number of hydrogen-bond acceptors (Lipinski definition) is 9. The summed E-state index contributed by atoms with van der Waals surface area (Å²) < 4.78 is 0. The molecule has 0 aliphatic carbocycles. The largest absolute Gasteiger partial charge is 0.508 e. The second-order valence-corrected chi connectivity index (χ2v) is 10.3. The molecule has 0 saturated carbocycles. The van der Waals surface area contributed by atoms with Gasteiger partial charge in [0.25, 0.3) is 0 Å². The first-order valence-corrected chi connectivity index (χ1v) is 14.0. The number of carbonyl (C=O) groups excluding carboxylic acids is 4. The Balaban J connectivity index is 2.21. The van der Waals surface area contributed by atoms with Gasteiger partial charge in [-0.2, -0.15) is 11.8 Å². The van der Waals surface area contributed by atoms with Gasteiger partial charge in [-0.3, -0.25) is 19.2 Å². The van der Waals surface area contributed by atoms with Gasteiger partial charge in [0.05, 0.1) is 12.5 Å². The quantitative estimate of drug-likeness (QED) is 0.123. The lowest BCUT2D eigenvalue weighted by Crippen LogP contribution is -2.58. The van der Waals surface area contributed by atoms with E-state index in [1.807, 2.05) is 6.26 Å². The first-order valence-electron chi connectivity index (χ1n) is 12.6. The Kier molecular flexibility index (Phi) is 12.9. The van der Waals surface area contributed by atoms with Gasteiger partial charge in [-0.25, -0.2) is 4.79 Å². The Morgan fingerprint density at radius 2 is 1.22 bits per heavy atom. The van der Waals surface area contributed by atoms with Crippen molar-refractivity contribution in [3.05, 3.63) is 59.7 Å². The van der Waals surface area contributed by atoms with Crippen LogP contribution in [0.25, 0.3) is 0 Å². The van der Waals surface area contributed by atoms with Crippen LogP contribution in [0.1, 0.15) is 24.0 Å². The molecule has 2 aromatic rings. The standard InChI is InChI=1S/C27H35N5O8S/c1-41-11-10-20(30-24(36)19(28)12-15-2-6-17(33)7-3-15)25(37)31-21(13-16-4-8-18(34)9-5-16)26(38)32-22(27(39)40)14-23(29)35/h2-9,19-22,33-34H,10-14,28H2,1H3,(H2,29,35)(H,30,36)(H,31,37)(H,32,38)(H,39,40). The van der Waals surface area contributed by atoms with Crippen LogP contribution in [0, 0.1) is 0 Å². The van der Waals surface area contributed by atoms with E-state index in [2.05, 4.69) is 16.0 Å². The van der Waals surface area contributed by atoms with Gasteiger partial charge in [-0.1, -0.05) is 24.3 Å². The van der Waals surface area contributed by atoms with E-state index in [0.29, 0.717) is 16.9 Å². The summed E-state index contributed by atoms with van der Waals surface area (Å²) in [5, 5.41) is 35.8. The number of aliphatic carboxylic acids is 1. The van der Waals surface area contributed by atoms with Crippen molar-refractivity contribution in [1.29, 1.82) is 0 Å². The minimum Gasteiger partial charge on any atom is -0.508 e. The van der Waals surface area contributed by atoms with Gasteiger partial charge in [0.15, 0.2) is 0 Å². The summed E-state index contributed by atoms with van der Waals surface area (Å²) in [7, 11) is 0. The normalized spacial score (nSPS) is 13.7. The van der Waals surface area contributed by atoms with Crippen molar-refractivity contribution in [1.82, 2.24) is 16.0 Å². The van der Waals surface area contributed by atoms with E-state index in [1.165, 1.54) is 48.2 Å². The molecule has 14 heteroatoms. The topological polar surface area (TPSA) is 234 Å².